The van der Waals surface area contributed by atoms with Gasteiger partial charge < -0.3 is 0 Å². The van der Waals surface area contributed by atoms with Gasteiger partial charge in [0.15, 0.2) is 0 Å². The highest BCUT2D eigenvalue weighted by Crippen LogP contribution is 2.30. The number of thioether (sulfide) groups is 1. The molecule has 1 aromatic rings. The molecule has 0 aliphatic heterocycles. The number of rotatable bonds is 4. The predicted molar refractivity (Wildman–Crippen MR) is 67.2 cm³/mol. The highest BCUT2D eigenvalue weighted by Gasteiger charge is 2.14. The van der Waals surface area contributed by atoms with Crippen LogP contribution >= 0.6 is 23.1 Å². The summed E-state index contributed by atoms with van der Waals surface area (Å²) in [4.78, 5) is 2.18. The van der Waals surface area contributed by atoms with Crippen LogP contribution in [0.4, 0.5) is 0 Å². The van der Waals surface area contributed by atoms with Gasteiger partial charge in [-0.25, -0.2) is 0 Å². The first-order valence-corrected chi connectivity index (χ1v) is 7.42. The summed E-state index contributed by atoms with van der Waals surface area (Å²) >= 11 is 3.66. The van der Waals surface area contributed by atoms with Crippen molar-refractivity contribution in [2.45, 2.75) is 31.4 Å². The molecule has 1 saturated carbocycles. The lowest BCUT2D eigenvalue weighted by atomic mass is 10.1. The molecule has 2 rings (SSSR count). The van der Waals surface area contributed by atoms with Crippen molar-refractivity contribution in [1.82, 2.24) is 0 Å². The predicted octanol–water partition coefficient (Wildman–Crippen LogP) is 4.04. The quantitative estimate of drug-likeness (QED) is 0.789. The van der Waals surface area contributed by atoms with Gasteiger partial charge in [0.25, 0.3) is 0 Å². The molecule has 0 radical (unpaired) electrons. The number of hydrogen-bond acceptors (Lipinski definition) is 3. The molecule has 1 heterocycles. The Labute approximate surface area is 99.5 Å². The Morgan fingerprint density at radius 3 is 2.87 bits per heavy atom. The third kappa shape index (κ3) is 3.25. The third-order valence-corrected chi connectivity index (χ3v) is 5.24. The lowest BCUT2D eigenvalue weighted by Gasteiger charge is -2.06. The zero-order valence-electron chi connectivity index (χ0n) is 8.74. The second kappa shape index (κ2) is 5.58. The molecule has 80 valence electrons. The van der Waals surface area contributed by atoms with Crippen molar-refractivity contribution in [3.05, 3.63) is 21.9 Å². The lowest BCUT2D eigenvalue weighted by Crippen LogP contribution is -1.96. The molecule has 1 nitrogen and oxygen atoms in total. The molecule has 3 heteroatoms. The Hall–Kier alpha value is -0.460. The largest absolute Gasteiger partial charge is 0.192 e. The van der Waals surface area contributed by atoms with Gasteiger partial charge in [0.2, 0.25) is 0 Å². The molecule has 1 aliphatic carbocycles. The van der Waals surface area contributed by atoms with Crippen LogP contribution < -0.4 is 0 Å². The van der Waals surface area contributed by atoms with Gasteiger partial charge in [-0.15, -0.1) is 11.3 Å². The molecule has 0 aromatic carbocycles. The van der Waals surface area contributed by atoms with E-state index in [1.165, 1.54) is 36.3 Å². The first-order valence-electron chi connectivity index (χ1n) is 5.45. The maximum atomic E-state index is 8.70. The summed E-state index contributed by atoms with van der Waals surface area (Å²) in [5, 5.41) is 8.70. The molecule has 0 saturated heterocycles. The molecule has 15 heavy (non-hydrogen) atoms. The summed E-state index contributed by atoms with van der Waals surface area (Å²) in [6, 6.07) is 6.20. The van der Waals surface area contributed by atoms with E-state index >= 15 is 0 Å². The fourth-order valence-electron chi connectivity index (χ4n) is 2.02. The van der Waals surface area contributed by atoms with E-state index in [0.717, 1.165) is 16.5 Å². The number of thiophene rings is 1. The summed E-state index contributed by atoms with van der Waals surface area (Å²) in [7, 11) is 0. The van der Waals surface area contributed by atoms with Crippen molar-refractivity contribution in [3.8, 4) is 6.07 Å². The number of nitriles is 1. The molecule has 0 amide bonds. The van der Waals surface area contributed by atoms with Gasteiger partial charge in [-0.3, -0.25) is 0 Å². The molecule has 1 aliphatic rings. The highest BCUT2D eigenvalue weighted by atomic mass is 32.2. The Morgan fingerprint density at radius 2 is 2.20 bits per heavy atom. The molecular formula is C12H15NS2. The normalized spacial score (nSPS) is 16.7. The second-order valence-corrected chi connectivity index (χ2v) is 6.24. The number of nitrogens with zero attached hydrogens (tertiary/aromatic N) is 1. The molecule has 1 fully saturated rings. The van der Waals surface area contributed by atoms with E-state index in [9.17, 15) is 0 Å². The maximum Gasteiger partial charge on any atom is 0.110 e. The van der Waals surface area contributed by atoms with E-state index in [2.05, 4.69) is 12.1 Å². The van der Waals surface area contributed by atoms with E-state index in [-0.39, 0.29) is 0 Å². The highest BCUT2D eigenvalue weighted by molar-refractivity contribution is 7.98. The topological polar surface area (TPSA) is 23.8 Å². The summed E-state index contributed by atoms with van der Waals surface area (Å²) in [5.41, 5.74) is 0. The minimum absolute atomic E-state index is 0.839. The van der Waals surface area contributed by atoms with Gasteiger partial charge >= 0.3 is 0 Å². The van der Waals surface area contributed by atoms with Crippen LogP contribution in [0.5, 0.6) is 0 Å². The summed E-state index contributed by atoms with van der Waals surface area (Å²) in [5.74, 6) is 3.35. The summed E-state index contributed by atoms with van der Waals surface area (Å²) < 4.78 is 0. The van der Waals surface area contributed by atoms with Crippen LogP contribution in [0.25, 0.3) is 0 Å². The monoisotopic (exact) mass is 237 g/mol. The fraction of sp³-hybridized carbons (Fsp3) is 0.583. The van der Waals surface area contributed by atoms with Crippen LogP contribution in [0.2, 0.25) is 0 Å². The van der Waals surface area contributed by atoms with E-state index < -0.39 is 0 Å². The minimum Gasteiger partial charge on any atom is -0.192 e. The summed E-state index contributed by atoms with van der Waals surface area (Å²) in [6.07, 6.45) is 5.73. The van der Waals surface area contributed by atoms with Crippen LogP contribution in [-0.2, 0) is 5.75 Å². The smallest absolute Gasteiger partial charge is 0.110 e. The second-order valence-electron chi connectivity index (χ2n) is 4.04. The van der Waals surface area contributed by atoms with Crippen LogP contribution in [0, 0.1) is 17.2 Å². The lowest BCUT2D eigenvalue weighted by molar-refractivity contribution is 0.623. The SMILES string of the molecule is N#Cc1ccc(CSCC2CCCC2)s1. The molecule has 0 spiro atoms. The van der Waals surface area contributed by atoms with Gasteiger partial charge in [0.1, 0.15) is 10.9 Å². The zero-order chi connectivity index (χ0) is 10.5. The zero-order valence-corrected chi connectivity index (χ0v) is 10.4. The average molecular weight is 237 g/mol. The minimum atomic E-state index is 0.839. The van der Waals surface area contributed by atoms with Crippen molar-refractivity contribution in [1.29, 1.82) is 5.26 Å². The van der Waals surface area contributed by atoms with Gasteiger partial charge in [-0.1, -0.05) is 12.8 Å². The van der Waals surface area contributed by atoms with Gasteiger partial charge in [0.05, 0.1) is 0 Å². The van der Waals surface area contributed by atoms with Gasteiger partial charge in [-0.05, 0) is 36.6 Å². The number of hydrogen-bond donors (Lipinski definition) is 0. The van der Waals surface area contributed by atoms with E-state index in [1.54, 1.807) is 11.3 Å². The summed E-state index contributed by atoms with van der Waals surface area (Å²) in [6.45, 7) is 0. The van der Waals surface area contributed by atoms with Crippen molar-refractivity contribution in [3.63, 3.8) is 0 Å². The van der Waals surface area contributed by atoms with E-state index in [4.69, 9.17) is 5.26 Å². The molecule has 1 aromatic heterocycles. The first kappa shape index (κ1) is 11.0. The third-order valence-electron chi connectivity index (χ3n) is 2.84. The Bertz CT molecular complexity index is 345. The molecule has 0 bridgehead atoms. The van der Waals surface area contributed by atoms with Crippen molar-refractivity contribution >= 4 is 23.1 Å². The molecule has 0 unspecified atom stereocenters. The van der Waals surface area contributed by atoms with Gasteiger partial charge in [-0.2, -0.15) is 17.0 Å². The average Bonchev–Trinajstić information content (AvgIpc) is 2.88. The van der Waals surface area contributed by atoms with Crippen LogP contribution in [-0.4, -0.2) is 5.75 Å². The van der Waals surface area contributed by atoms with Crippen LogP contribution in [0.3, 0.4) is 0 Å². The Balaban J connectivity index is 1.71. The molecule has 0 N–H and O–H groups in total. The van der Waals surface area contributed by atoms with Crippen molar-refractivity contribution in [2.24, 2.45) is 5.92 Å². The first-order chi connectivity index (χ1) is 7.38. The van der Waals surface area contributed by atoms with E-state index in [1.807, 2.05) is 17.8 Å². The fourth-order valence-corrected chi connectivity index (χ4v) is 4.19. The standard InChI is InChI=1S/C12H15NS2/c13-7-11-5-6-12(15-11)9-14-8-10-3-1-2-4-10/h5-6,10H,1-4,8-9H2. The van der Waals surface area contributed by atoms with Crippen molar-refractivity contribution < 1.29 is 0 Å². The maximum absolute atomic E-state index is 8.70. The Kier molecular flexibility index (Phi) is 4.10. The van der Waals surface area contributed by atoms with Crippen LogP contribution in [0.1, 0.15) is 35.4 Å². The van der Waals surface area contributed by atoms with Gasteiger partial charge in [0, 0.05) is 10.6 Å². The van der Waals surface area contributed by atoms with E-state index in [0.29, 0.717) is 0 Å². The van der Waals surface area contributed by atoms with Crippen LogP contribution in [0.15, 0.2) is 12.1 Å². The van der Waals surface area contributed by atoms with Crippen molar-refractivity contribution in [2.75, 3.05) is 5.75 Å². The Morgan fingerprint density at radius 1 is 1.40 bits per heavy atom. The molecule has 0 atom stereocenters. The molecular weight excluding hydrogens is 222 g/mol.